The predicted octanol–water partition coefficient (Wildman–Crippen LogP) is 3.54. The summed E-state index contributed by atoms with van der Waals surface area (Å²) in [6.07, 6.45) is 0. The SMILES string of the molecule is O=C(CNC(=O)c1ccc(-c2ccccc2)cc1)NCc1ccccc1F. The molecule has 0 atom stereocenters. The van der Waals surface area contributed by atoms with Gasteiger partial charge in [0, 0.05) is 17.7 Å². The van der Waals surface area contributed by atoms with Gasteiger partial charge in [0.1, 0.15) is 5.82 Å². The summed E-state index contributed by atoms with van der Waals surface area (Å²) in [5.41, 5.74) is 2.94. The van der Waals surface area contributed by atoms with Crippen LogP contribution in [0.25, 0.3) is 11.1 Å². The molecule has 2 amide bonds. The molecule has 0 spiro atoms. The summed E-state index contributed by atoms with van der Waals surface area (Å²) in [6, 6.07) is 23.2. The maximum atomic E-state index is 13.5. The molecule has 0 bridgehead atoms. The van der Waals surface area contributed by atoms with Gasteiger partial charge >= 0.3 is 0 Å². The van der Waals surface area contributed by atoms with Gasteiger partial charge in [-0.2, -0.15) is 0 Å². The highest BCUT2D eigenvalue weighted by Crippen LogP contribution is 2.19. The van der Waals surface area contributed by atoms with Crippen LogP contribution in [-0.4, -0.2) is 18.4 Å². The normalized spacial score (nSPS) is 10.3. The van der Waals surface area contributed by atoms with Crippen LogP contribution in [0.5, 0.6) is 0 Å². The van der Waals surface area contributed by atoms with Gasteiger partial charge in [0.15, 0.2) is 0 Å². The molecule has 0 unspecified atom stereocenters. The highest BCUT2D eigenvalue weighted by Gasteiger charge is 2.09. The number of carbonyl (C=O) groups excluding carboxylic acids is 2. The summed E-state index contributed by atoms with van der Waals surface area (Å²) in [7, 11) is 0. The number of halogens is 1. The first kappa shape index (κ1) is 18.3. The largest absolute Gasteiger partial charge is 0.350 e. The fourth-order valence-corrected chi connectivity index (χ4v) is 2.61. The Morgan fingerprint density at radius 3 is 2.07 bits per heavy atom. The van der Waals surface area contributed by atoms with Crippen LogP contribution in [0.15, 0.2) is 78.9 Å². The zero-order valence-electron chi connectivity index (χ0n) is 14.6. The van der Waals surface area contributed by atoms with Gasteiger partial charge in [0.05, 0.1) is 6.54 Å². The van der Waals surface area contributed by atoms with E-state index in [1.54, 1.807) is 30.3 Å². The molecular formula is C22H19FN2O2. The van der Waals surface area contributed by atoms with E-state index >= 15 is 0 Å². The van der Waals surface area contributed by atoms with Crippen LogP contribution in [0.3, 0.4) is 0 Å². The molecule has 27 heavy (non-hydrogen) atoms. The molecule has 0 aliphatic heterocycles. The first-order valence-corrected chi connectivity index (χ1v) is 8.57. The van der Waals surface area contributed by atoms with E-state index in [-0.39, 0.29) is 30.7 Å². The molecular weight excluding hydrogens is 343 g/mol. The Balaban J connectivity index is 1.50. The lowest BCUT2D eigenvalue weighted by Gasteiger charge is -2.08. The lowest BCUT2D eigenvalue weighted by atomic mass is 10.0. The van der Waals surface area contributed by atoms with E-state index in [4.69, 9.17) is 0 Å². The fraction of sp³-hybridized carbons (Fsp3) is 0.0909. The van der Waals surface area contributed by atoms with Gasteiger partial charge in [-0.1, -0.05) is 60.7 Å². The number of hydrogen-bond acceptors (Lipinski definition) is 2. The minimum absolute atomic E-state index is 0.0765. The quantitative estimate of drug-likeness (QED) is 0.705. The average Bonchev–Trinajstić information content (AvgIpc) is 2.72. The van der Waals surface area contributed by atoms with Crippen molar-refractivity contribution < 1.29 is 14.0 Å². The Morgan fingerprint density at radius 2 is 1.37 bits per heavy atom. The monoisotopic (exact) mass is 362 g/mol. The maximum absolute atomic E-state index is 13.5. The fourth-order valence-electron chi connectivity index (χ4n) is 2.61. The molecule has 3 aromatic rings. The molecule has 0 saturated carbocycles. The number of amides is 2. The van der Waals surface area contributed by atoms with Crippen molar-refractivity contribution in [1.29, 1.82) is 0 Å². The Morgan fingerprint density at radius 1 is 0.741 bits per heavy atom. The van der Waals surface area contributed by atoms with Crippen LogP contribution in [0.4, 0.5) is 4.39 Å². The van der Waals surface area contributed by atoms with Crippen molar-refractivity contribution in [2.24, 2.45) is 0 Å². The van der Waals surface area contributed by atoms with Crippen LogP contribution in [0.2, 0.25) is 0 Å². The van der Waals surface area contributed by atoms with Gasteiger partial charge in [0.2, 0.25) is 5.91 Å². The highest BCUT2D eigenvalue weighted by molar-refractivity contribution is 5.96. The second-order valence-corrected chi connectivity index (χ2v) is 5.99. The predicted molar refractivity (Wildman–Crippen MR) is 102 cm³/mol. The molecule has 0 fully saturated rings. The number of hydrogen-bond donors (Lipinski definition) is 2. The van der Waals surface area contributed by atoms with Crippen molar-refractivity contribution >= 4 is 11.8 Å². The Bertz CT molecular complexity index is 925. The molecule has 136 valence electrons. The van der Waals surface area contributed by atoms with Gasteiger partial charge in [-0.25, -0.2) is 4.39 Å². The first-order valence-electron chi connectivity index (χ1n) is 8.57. The zero-order valence-corrected chi connectivity index (χ0v) is 14.6. The second-order valence-electron chi connectivity index (χ2n) is 5.99. The molecule has 5 heteroatoms. The Hall–Kier alpha value is -3.47. The number of benzene rings is 3. The van der Waals surface area contributed by atoms with Crippen molar-refractivity contribution in [3.05, 3.63) is 95.8 Å². The van der Waals surface area contributed by atoms with Crippen molar-refractivity contribution in [3.63, 3.8) is 0 Å². The van der Waals surface area contributed by atoms with Gasteiger partial charge < -0.3 is 10.6 Å². The smallest absolute Gasteiger partial charge is 0.251 e. The minimum Gasteiger partial charge on any atom is -0.350 e. The van der Waals surface area contributed by atoms with Gasteiger partial charge in [-0.05, 0) is 29.3 Å². The summed E-state index contributed by atoms with van der Waals surface area (Å²) >= 11 is 0. The molecule has 3 aromatic carbocycles. The summed E-state index contributed by atoms with van der Waals surface area (Å²) in [6.45, 7) is -0.0964. The summed E-state index contributed by atoms with van der Waals surface area (Å²) in [4.78, 5) is 24.0. The van der Waals surface area contributed by atoms with Crippen molar-refractivity contribution in [3.8, 4) is 11.1 Å². The van der Waals surface area contributed by atoms with Crippen LogP contribution < -0.4 is 10.6 Å². The van der Waals surface area contributed by atoms with E-state index in [0.29, 0.717) is 11.1 Å². The third-order valence-corrected chi connectivity index (χ3v) is 4.10. The molecule has 0 radical (unpaired) electrons. The number of carbonyl (C=O) groups is 2. The van der Waals surface area contributed by atoms with Crippen LogP contribution in [-0.2, 0) is 11.3 Å². The van der Waals surface area contributed by atoms with Gasteiger partial charge in [-0.15, -0.1) is 0 Å². The van der Waals surface area contributed by atoms with E-state index in [0.717, 1.165) is 11.1 Å². The lowest BCUT2D eigenvalue weighted by molar-refractivity contribution is -0.120. The molecule has 0 saturated heterocycles. The van der Waals surface area contributed by atoms with E-state index < -0.39 is 0 Å². The van der Waals surface area contributed by atoms with Crippen LogP contribution in [0.1, 0.15) is 15.9 Å². The van der Waals surface area contributed by atoms with Crippen molar-refractivity contribution in [2.75, 3.05) is 6.54 Å². The maximum Gasteiger partial charge on any atom is 0.251 e. The second kappa shape index (κ2) is 8.76. The summed E-state index contributed by atoms with van der Waals surface area (Å²) in [5, 5.41) is 5.15. The minimum atomic E-state index is -0.382. The third-order valence-electron chi connectivity index (χ3n) is 4.10. The summed E-state index contributed by atoms with van der Waals surface area (Å²) < 4.78 is 13.5. The van der Waals surface area contributed by atoms with Crippen LogP contribution in [0, 0.1) is 5.82 Å². The van der Waals surface area contributed by atoms with Crippen molar-refractivity contribution in [2.45, 2.75) is 6.54 Å². The standard InChI is InChI=1S/C22H19FN2O2/c23-20-9-5-4-8-19(20)14-24-21(26)15-25-22(27)18-12-10-17(11-13-18)16-6-2-1-3-7-16/h1-13H,14-15H2,(H,24,26)(H,25,27). The lowest BCUT2D eigenvalue weighted by Crippen LogP contribution is -2.36. The molecule has 0 heterocycles. The topological polar surface area (TPSA) is 58.2 Å². The van der Waals surface area contributed by atoms with Crippen LogP contribution >= 0.6 is 0 Å². The van der Waals surface area contributed by atoms with E-state index in [1.165, 1.54) is 6.07 Å². The summed E-state index contributed by atoms with van der Waals surface area (Å²) in [5.74, 6) is -1.09. The number of rotatable bonds is 6. The van der Waals surface area contributed by atoms with Gasteiger partial charge in [0.25, 0.3) is 5.91 Å². The van der Waals surface area contributed by atoms with E-state index in [1.807, 2.05) is 42.5 Å². The molecule has 4 nitrogen and oxygen atoms in total. The average molecular weight is 362 g/mol. The molecule has 3 rings (SSSR count). The molecule has 0 aliphatic carbocycles. The van der Waals surface area contributed by atoms with Crippen molar-refractivity contribution in [1.82, 2.24) is 10.6 Å². The van der Waals surface area contributed by atoms with Gasteiger partial charge in [-0.3, -0.25) is 9.59 Å². The number of nitrogens with one attached hydrogen (secondary N) is 2. The molecule has 2 N–H and O–H groups in total. The Labute approximate surface area is 157 Å². The molecule has 0 aliphatic rings. The highest BCUT2D eigenvalue weighted by atomic mass is 19.1. The van der Waals surface area contributed by atoms with E-state index in [9.17, 15) is 14.0 Å². The van der Waals surface area contributed by atoms with E-state index in [2.05, 4.69) is 10.6 Å². The third kappa shape index (κ3) is 5.01. The molecule has 0 aromatic heterocycles. The zero-order chi connectivity index (χ0) is 19.1. The first-order chi connectivity index (χ1) is 13.1. The Kier molecular flexibility index (Phi) is 5.94.